The minimum absolute atomic E-state index is 0. The van der Waals surface area contributed by atoms with Gasteiger partial charge >= 0.3 is 0 Å². The van der Waals surface area contributed by atoms with E-state index >= 15 is 0 Å². The summed E-state index contributed by atoms with van der Waals surface area (Å²) >= 11 is 0. The number of benzene rings is 1. The molecule has 3 N–H and O–H groups in total. The van der Waals surface area contributed by atoms with E-state index in [1.807, 2.05) is 32.0 Å². The molecule has 0 saturated carbocycles. The van der Waals surface area contributed by atoms with Gasteiger partial charge in [-0.2, -0.15) is 0 Å². The first-order valence-corrected chi connectivity index (χ1v) is 6.90. The van der Waals surface area contributed by atoms with Crippen LogP contribution in [0.4, 0.5) is 0 Å². The lowest BCUT2D eigenvalue weighted by atomic mass is 9.92. The maximum atomic E-state index is 11.9. The van der Waals surface area contributed by atoms with Crippen LogP contribution >= 0.6 is 12.4 Å². The maximum absolute atomic E-state index is 11.9. The van der Waals surface area contributed by atoms with Crippen molar-refractivity contribution in [3.05, 3.63) is 23.8 Å². The molecule has 0 fully saturated rings. The van der Waals surface area contributed by atoms with E-state index in [9.17, 15) is 4.79 Å². The second kappa shape index (κ2) is 7.52. The molecule has 1 aromatic carbocycles. The molecule has 0 bridgehead atoms. The first-order chi connectivity index (χ1) is 9.53. The zero-order valence-electron chi connectivity index (χ0n) is 12.5. The summed E-state index contributed by atoms with van der Waals surface area (Å²) in [6.45, 7) is 5.78. The van der Waals surface area contributed by atoms with Gasteiger partial charge in [-0.15, -0.1) is 12.4 Å². The summed E-state index contributed by atoms with van der Waals surface area (Å²) in [4.78, 5) is 11.9. The van der Waals surface area contributed by atoms with Gasteiger partial charge in [0.2, 0.25) is 5.91 Å². The average molecular weight is 315 g/mol. The van der Waals surface area contributed by atoms with Crippen molar-refractivity contribution in [2.24, 2.45) is 11.1 Å². The highest BCUT2D eigenvalue weighted by Gasteiger charge is 2.25. The molecule has 6 heteroatoms. The molecule has 0 aliphatic carbocycles. The van der Waals surface area contributed by atoms with Crippen molar-refractivity contribution in [3.8, 4) is 11.5 Å². The fraction of sp³-hybridized carbons (Fsp3) is 0.533. The zero-order chi connectivity index (χ0) is 14.6. The molecule has 0 atom stereocenters. The van der Waals surface area contributed by atoms with Gasteiger partial charge in [0.15, 0.2) is 11.5 Å². The Morgan fingerprint density at radius 3 is 2.62 bits per heavy atom. The Kier molecular flexibility index (Phi) is 6.30. The molecular formula is C15H23ClN2O3. The van der Waals surface area contributed by atoms with Gasteiger partial charge in [-0.25, -0.2) is 0 Å². The van der Waals surface area contributed by atoms with Crippen LogP contribution in [-0.4, -0.2) is 32.2 Å². The summed E-state index contributed by atoms with van der Waals surface area (Å²) in [6.07, 6.45) is 0.753. The normalized spacial score (nSPS) is 13.3. The highest BCUT2D eigenvalue weighted by molar-refractivity contribution is 5.85. The van der Waals surface area contributed by atoms with E-state index in [4.69, 9.17) is 15.2 Å². The number of nitrogens with one attached hydrogen (secondary N) is 1. The van der Waals surface area contributed by atoms with E-state index in [1.165, 1.54) is 0 Å². The number of amides is 1. The quantitative estimate of drug-likeness (QED) is 0.864. The summed E-state index contributed by atoms with van der Waals surface area (Å²) in [7, 11) is 0. The van der Waals surface area contributed by atoms with Crippen LogP contribution < -0.4 is 20.5 Å². The monoisotopic (exact) mass is 314 g/mol. The van der Waals surface area contributed by atoms with E-state index in [0.717, 1.165) is 23.5 Å². The van der Waals surface area contributed by atoms with E-state index in [2.05, 4.69) is 5.32 Å². The molecule has 1 heterocycles. The van der Waals surface area contributed by atoms with Gasteiger partial charge in [0.1, 0.15) is 13.2 Å². The van der Waals surface area contributed by atoms with Gasteiger partial charge in [-0.3, -0.25) is 4.79 Å². The van der Waals surface area contributed by atoms with Crippen molar-refractivity contribution in [2.45, 2.75) is 20.3 Å². The van der Waals surface area contributed by atoms with Crippen LogP contribution in [0.15, 0.2) is 18.2 Å². The number of hydrogen-bond donors (Lipinski definition) is 2. The van der Waals surface area contributed by atoms with E-state index < -0.39 is 5.41 Å². The number of rotatable bonds is 5. The third-order valence-electron chi connectivity index (χ3n) is 3.43. The second-order valence-electron chi connectivity index (χ2n) is 5.57. The maximum Gasteiger partial charge on any atom is 0.226 e. The lowest BCUT2D eigenvalue weighted by Crippen LogP contribution is -2.42. The fourth-order valence-electron chi connectivity index (χ4n) is 1.90. The van der Waals surface area contributed by atoms with Crippen LogP contribution in [0.3, 0.4) is 0 Å². The summed E-state index contributed by atoms with van der Waals surface area (Å²) in [5.41, 5.74) is 6.17. The molecule has 5 nitrogen and oxygen atoms in total. The Bertz CT molecular complexity index is 492. The van der Waals surface area contributed by atoms with E-state index in [-0.39, 0.29) is 18.3 Å². The number of carbonyl (C=O) groups is 1. The molecule has 2 rings (SSSR count). The van der Waals surface area contributed by atoms with Crippen LogP contribution in [0.2, 0.25) is 0 Å². The highest BCUT2D eigenvalue weighted by atomic mass is 35.5. The SMILES string of the molecule is CC(C)(CN)C(=O)NCCc1ccc2c(c1)OCCO2.Cl. The molecule has 0 radical (unpaired) electrons. The molecule has 0 unspecified atom stereocenters. The Labute approximate surface area is 131 Å². The zero-order valence-corrected chi connectivity index (χ0v) is 13.3. The van der Waals surface area contributed by atoms with Gasteiger partial charge in [0, 0.05) is 13.1 Å². The van der Waals surface area contributed by atoms with Gasteiger partial charge in [-0.05, 0) is 38.0 Å². The number of carbonyl (C=O) groups excluding carboxylic acids is 1. The molecule has 1 amide bonds. The molecule has 0 aromatic heterocycles. The Hall–Kier alpha value is -1.46. The fourth-order valence-corrected chi connectivity index (χ4v) is 1.90. The molecular weight excluding hydrogens is 292 g/mol. The van der Waals surface area contributed by atoms with Crippen molar-refractivity contribution in [3.63, 3.8) is 0 Å². The number of halogens is 1. The molecule has 1 aliphatic heterocycles. The van der Waals surface area contributed by atoms with Crippen molar-refractivity contribution < 1.29 is 14.3 Å². The minimum Gasteiger partial charge on any atom is -0.486 e. The molecule has 118 valence electrons. The number of nitrogens with two attached hydrogens (primary N) is 1. The molecule has 1 aromatic rings. The van der Waals surface area contributed by atoms with Gasteiger partial charge in [-0.1, -0.05) is 6.07 Å². The largest absolute Gasteiger partial charge is 0.486 e. The standard InChI is InChI=1S/C15H22N2O3.ClH/c1-15(2,10-16)14(18)17-6-5-11-3-4-12-13(9-11)20-8-7-19-12;/h3-4,9H,5-8,10,16H2,1-2H3,(H,17,18);1H. The lowest BCUT2D eigenvalue weighted by molar-refractivity contribution is -0.128. The summed E-state index contributed by atoms with van der Waals surface area (Å²) in [6, 6.07) is 5.87. The molecule has 21 heavy (non-hydrogen) atoms. The van der Waals surface area contributed by atoms with Crippen LogP contribution in [0, 0.1) is 5.41 Å². The van der Waals surface area contributed by atoms with Gasteiger partial charge < -0.3 is 20.5 Å². The summed E-state index contributed by atoms with van der Waals surface area (Å²) in [5.74, 6) is 1.55. The van der Waals surface area contributed by atoms with E-state index in [1.54, 1.807) is 0 Å². The molecule has 0 spiro atoms. The van der Waals surface area contributed by atoms with Crippen molar-refractivity contribution in [1.82, 2.24) is 5.32 Å². The van der Waals surface area contributed by atoms with Crippen LogP contribution in [0.5, 0.6) is 11.5 Å². The lowest BCUT2D eigenvalue weighted by Gasteiger charge is -2.21. The molecule has 0 saturated heterocycles. The predicted molar refractivity (Wildman–Crippen MR) is 84.2 cm³/mol. The van der Waals surface area contributed by atoms with Crippen molar-refractivity contribution in [2.75, 3.05) is 26.3 Å². The predicted octanol–water partition coefficient (Wildman–Crippen LogP) is 1.52. The second-order valence-corrected chi connectivity index (χ2v) is 5.57. The minimum atomic E-state index is -0.521. The van der Waals surface area contributed by atoms with Crippen molar-refractivity contribution in [1.29, 1.82) is 0 Å². The highest BCUT2D eigenvalue weighted by Crippen LogP contribution is 2.30. The third kappa shape index (κ3) is 4.51. The van der Waals surface area contributed by atoms with Crippen molar-refractivity contribution >= 4 is 18.3 Å². The van der Waals surface area contributed by atoms with Gasteiger partial charge in [0.25, 0.3) is 0 Å². The smallest absolute Gasteiger partial charge is 0.226 e. The number of hydrogen-bond acceptors (Lipinski definition) is 4. The Balaban J connectivity index is 0.00000220. The van der Waals surface area contributed by atoms with Crippen LogP contribution in [0.25, 0.3) is 0 Å². The molecule has 1 aliphatic rings. The van der Waals surface area contributed by atoms with E-state index in [0.29, 0.717) is 26.3 Å². The Morgan fingerprint density at radius 1 is 1.29 bits per heavy atom. The third-order valence-corrected chi connectivity index (χ3v) is 3.43. The topological polar surface area (TPSA) is 73.6 Å². The first-order valence-electron chi connectivity index (χ1n) is 6.90. The first kappa shape index (κ1) is 17.6. The average Bonchev–Trinajstić information content (AvgIpc) is 2.47. The van der Waals surface area contributed by atoms with Crippen LogP contribution in [0.1, 0.15) is 19.4 Å². The summed E-state index contributed by atoms with van der Waals surface area (Å²) < 4.78 is 11.0. The summed E-state index contributed by atoms with van der Waals surface area (Å²) in [5, 5.41) is 2.91. The number of fused-ring (bicyclic) bond motifs is 1. The van der Waals surface area contributed by atoms with Gasteiger partial charge in [0.05, 0.1) is 5.41 Å². The Morgan fingerprint density at radius 2 is 1.95 bits per heavy atom. The number of ether oxygens (including phenoxy) is 2. The van der Waals surface area contributed by atoms with Crippen LogP contribution in [-0.2, 0) is 11.2 Å².